The van der Waals surface area contributed by atoms with E-state index in [9.17, 15) is 4.79 Å². The van der Waals surface area contributed by atoms with Crippen molar-refractivity contribution in [3.63, 3.8) is 0 Å². The summed E-state index contributed by atoms with van der Waals surface area (Å²) in [7, 11) is 2.15. The standard InChI is InChI=1S/C22H23Cl2N5O/c1-28-8-10-29(11-9-28)17-5-2-15(3-6-17)13-25-22(30)21-19(14-26-27-21)18-7-4-16(23)12-20(18)24/h2-7,12,14H,8-11,13H2,1H3,(H,25,30)(H,26,27). The lowest BCUT2D eigenvalue weighted by Crippen LogP contribution is -2.44. The van der Waals surface area contributed by atoms with Gasteiger partial charge >= 0.3 is 0 Å². The number of amides is 1. The molecule has 0 bridgehead atoms. The summed E-state index contributed by atoms with van der Waals surface area (Å²) in [5.41, 5.74) is 3.89. The first-order chi connectivity index (χ1) is 14.5. The average Bonchev–Trinajstić information content (AvgIpc) is 3.23. The van der Waals surface area contributed by atoms with Gasteiger partial charge in [-0.05, 0) is 36.9 Å². The Kier molecular flexibility index (Phi) is 6.27. The normalized spacial score (nSPS) is 14.7. The number of halogens is 2. The molecule has 2 aromatic carbocycles. The number of carbonyl (C=O) groups excluding carboxylic acids is 1. The monoisotopic (exact) mass is 443 g/mol. The Balaban J connectivity index is 1.40. The van der Waals surface area contributed by atoms with E-state index in [0.717, 1.165) is 31.7 Å². The largest absolute Gasteiger partial charge is 0.369 e. The molecule has 2 heterocycles. The van der Waals surface area contributed by atoms with Gasteiger partial charge in [0.25, 0.3) is 5.91 Å². The molecule has 156 valence electrons. The number of piperazine rings is 1. The van der Waals surface area contributed by atoms with Crippen molar-refractivity contribution in [2.24, 2.45) is 0 Å². The van der Waals surface area contributed by atoms with Gasteiger partial charge in [-0.25, -0.2) is 0 Å². The quantitative estimate of drug-likeness (QED) is 0.623. The van der Waals surface area contributed by atoms with Crippen LogP contribution in [0, 0.1) is 0 Å². The Labute approximate surface area is 185 Å². The van der Waals surface area contributed by atoms with Crippen LogP contribution in [0.3, 0.4) is 0 Å². The summed E-state index contributed by atoms with van der Waals surface area (Å²) in [6, 6.07) is 13.5. The number of likely N-dealkylation sites (N-methyl/N-ethyl adjacent to an activating group) is 1. The predicted molar refractivity (Wildman–Crippen MR) is 121 cm³/mol. The number of benzene rings is 2. The van der Waals surface area contributed by atoms with Gasteiger partial charge < -0.3 is 15.1 Å². The number of nitrogens with one attached hydrogen (secondary N) is 2. The fraction of sp³-hybridized carbons (Fsp3) is 0.273. The van der Waals surface area contributed by atoms with Crippen LogP contribution in [0.15, 0.2) is 48.7 Å². The maximum atomic E-state index is 12.7. The Bertz CT molecular complexity index is 1030. The van der Waals surface area contributed by atoms with Crippen LogP contribution in [0.4, 0.5) is 5.69 Å². The second-order valence-electron chi connectivity index (χ2n) is 7.41. The summed E-state index contributed by atoms with van der Waals surface area (Å²) >= 11 is 12.3. The van der Waals surface area contributed by atoms with Gasteiger partial charge in [0.2, 0.25) is 0 Å². The second kappa shape index (κ2) is 9.08. The number of anilines is 1. The zero-order valence-corrected chi connectivity index (χ0v) is 18.2. The number of carbonyl (C=O) groups is 1. The molecule has 0 saturated carbocycles. The fourth-order valence-electron chi connectivity index (χ4n) is 3.53. The molecule has 0 radical (unpaired) electrons. The number of aromatic nitrogens is 2. The van der Waals surface area contributed by atoms with Crippen LogP contribution in [0.1, 0.15) is 16.1 Å². The summed E-state index contributed by atoms with van der Waals surface area (Å²) in [4.78, 5) is 17.4. The molecule has 1 aliphatic heterocycles. The molecule has 4 rings (SSSR count). The minimum absolute atomic E-state index is 0.264. The molecule has 1 amide bonds. The van der Waals surface area contributed by atoms with Gasteiger partial charge in [0, 0.05) is 60.8 Å². The van der Waals surface area contributed by atoms with Crippen molar-refractivity contribution in [1.29, 1.82) is 0 Å². The van der Waals surface area contributed by atoms with Gasteiger partial charge in [-0.3, -0.25) is 9.89 Å². The van der Waals surface area contributed by atoms with E-state index in [1.807, 2.05) is 0 Å². The topological polar surface area (TPSA) is 64.3 Å². The molecule has 1 aliphatic rings. The number of aromatic amines is 1. The summed E-state index contributed by atoms with van der Waals surface area (Å²) in [6.45, 7) is 4.62. The molecule has 0 spiro atoms. The third-order valence-electron chi connectivity index (χ3n) is 5.33. The maximum absolute atomic E-state index is 12.7. The third-order valence-corrected chi connectivity index (χ3v) is 5.88. The number of H-pyrrole nitrogens is 1. The molecular weight excluding hydrogens is 421 g/mol. The zero-order chi connectivity index (χ0) is 21.1. The number of hydrogen-bond acceptors (Lipinski definition) is 4. The first kappa shape index (κ1) is 20.7. The van der Waals surface area contributed by atoms with Crippen LogP contribution >= 0.6 is 23.2 Å². The van der Waals surface area contributed by atoms with Gasteiger partial charge in [0.15, 0.2) is 5.69 Å². The lowest BCUT2D eigenvalue weighted by Gasteiger charge is -2.34. The van der Waals surface area contributed by atoms with E-state index in [1.54, 1.807) is 24.4 Å². The molecule has 8 heteroatoms. The number of hydrogen-bond donors (Lipinski definition) is 2. The smallest absolute Gasteiger partial charge is 0.272 e. The van der Waals surface area contributed by atoms with Crippen molar-refractivity contribution >= 4 is 34.8 Å². The van der Waals surface area contributed by atoms with Crippen LogP contribution in [-0.4, -0.2) is 54.2 Å². The van der Waals surface area contributed by atoms with Gasteiger partial charge in [0.1, 0.15) is 0 Å². The molecule has 1 saturated heterocycles. The molecule has 0 atom stereocenters. The Hall–Kier alpha value is -2.54. The van der Waals surface area contributed by atoms with Crippen LogP contribution in [0.2, 0.25) is 10.0 Å². The summed E-state index contributed by atoms with van der Waals surface area (Å²) < 4.78 is 0. The van der Waals surface area contributed by atoms with Gasteiger partial charge in [-0.15, -0.1) is 0 Å². The Morgan fingerprint density at radius 2 is 1.80 bits per heavy atom. The summed E-state index contributed by atoms with van der Waals surface area (Å²) in [5, 5.41) is 10.8. The van der Waals surface area contributed by atoms with Crippen LogP contribution in [0.25, 0.3) is 11.1 Å². The molecular formula is C22H23Cl2N5O. The molecule has 1 aromatic heterocycles. The lowest BCUT2D eigenvalue weighted by molar-refractivity contribution is 0.0946. The van der Waals surface area contributed by atoms with Crippen LogP contribution in [0.5, 0.6) is 0 Å². The summed E-state index contributed by atoms with van der Waals surface area (Å²) in [5.74, 6) is -0.264. The van der Waals surface area contributed by atoms with E-state index in [0.29, 0.717) is 33.4 Å². The molecule has 1 fully saturated rings. The molecule has 2 N–H and O–H groups in total. The molecule has 0 aliphatic carbocycles. The van der Waals surface area contributed by atoms with E-state index >= 15 is 0 Å². The molecule has 0 unspecified atom stereocenters. The highest BCUT2D eigenvalue weighted by Crippen LogP contribution is 2.31. The number of nitrogens with zero attached hydrogens (tertiary/aromatic N) is 3. The molecule has 6 nitrogen and oxygen atoms in total. The van der Waals surface area contributed by atoms with Crippen LogP contribution in [-0.2, 0) is 6.54 Å². The summed E-state index contributed by atoms with van der Waals surface area (Å²) in [6.07, 6.45) is 1.66. The van der Waals surface area contributed by atoms with Crippen molar-refractivity contribution in [3.05, 3.63) is 70.0 Å². The van der Waals surface area contributed by atoms with E-state index in [1.165, 1.54) is 5.69 Å². The van der Waals surface area contributed by atoms with Crippen molar-refractivity contribution < 1.29 is 4.79 Å². The highest BCUT2D eigenvalue weighted by molar-refractivity contribution is 6.36. The highest BCUT2D eigenvalue weighted by atomic mass is 35.5. The van der Waals surface area contributed by atoms with Crippen LogP contribution < -0.4 is 10.2 Å². The Morgan fingerprint density at radius 3 is 2.50 bits per heavy atom. The fourth-order valence-corrected chi connectivity index (χ4v) is 4.04. The van der Waals surface area contributed by atoms with Gasteiger partial charge in [0.05, 0.1) is 5.02 Å². The van der Waals surface area contributed by atoms with Crippen molar-refractivity contribution in [3.8, 4) is 11.1 Å². The first-order valence-electron chi connectivity index (χ1n) is 9.81. The molecule has 30 heavy (non-hydrogen) atoms. The van der Waals surface area contributed by atoms with E-state index in [2.05, 4.69) is 56.6 Å². The first-order valence-corrected chi connectivity index (χ1v) is 10.6. The minimum atomic E-state index is -0.264. The van der Waals surface area contributed by atoms with E-state index in [-0.39, 0.29) is 5.91 Å². The van der Waals surface area contributed by atoms with Crippen molar-refractivity contribution in [1.82, 2.24) is 20.4 Å². The third kappa shape index (κ3) is 4.61. The van der Waals surface area contributed by atoms with Crippen molar-refractivity contribution in [2.75, 3.05) is 38.1 Å². The van der Waals surface area contributed by atoms with Gasteiger partial charge in [-0.2, -0.15) is 5.10 Å². The minimum Gasteiger partial charge on any atom is -0.369 e. The van der Waals surface area contributed by atoms with Crippen molar-refractivity contribution in [2.45, 2.75) is 6.54 Å². The van der Waals surface area contributed by atoms with Gasteiger partial charge in [-0.1, -0.05) is 41.4 Å². The van der Waals surface area contributed by atoms with E-state index in [4.69, 9.17) is 23.2 Å². The highest BCUT2D eigenvalue weighted by Gasteiger charge is 2.18. The lowest BCUT2D eigenvalue weighted by atomic mass is 10.1. The maximum Gasteiger partial charge on any atom is 0.272 e. The number of rotatable bonds is 5. The van der Waals surface area contributed by atoms with E-state index < -0.39 is 0 Å². The predicted octanol–water partition coefficient (Wildman–Crippen LogP) is 4.07. The average molecular weight is 444 g/mol. The zero-order valence-electron chi connectivity index (χ0n) is 16.7. The SMILES string of the molecule is CN1CCN(c2ccc(CNC(=O)c3n[nH]cc3-c3ccc(Cl)cc3Cl)cc2)CC1. The molecule has 3 aromatic rings. The second-order valence-corrected chi connectivity index (χ2v) is 8.25. The Morgan fingerprint density at radius 1 is 1.07 bits per heavy atom.